The zero-order valence-corrected chi connectivity index (χ0v) is 13.0. The number of aromatic nitrogens is 1. The summed E-state index contributed by atoms with van der Waals surface area (Å²) in [6, 6.07) is 9.68. The van der Waals surface area contributed by atoms with Crippen molar-refractivity contribution >= 4 is 0 Å². The molecule has 2 heteroatoms. The van der Waals surface area contributed by atoms with Crippen LogP contribution in [0.15, 0.2) is 36.7 Å². The lowest BCUT2D eigenvalue weighted by molar-refractivity contribution is 0.588. The molecule has 0 radical (unpaired) electrons. The van der Waals surface area contributed by atoms with Crippen molar-refractivity contribution in [2.75, 3.05) is 0 Å². The molecule has 0 unspecified atom stereocenters. The molecule has 1 aliphatic rings. The molecule has 0 bridgehead atoms. The number of hydrogen-bond acceptors (Lipinski definition) is 2. The smallest absolute Gasteiger partial charge is 0.0346 e. The Morgan fingerprint density at radius 2 is 1.81 bits per heavy atom. The Morgan fingerprint density at radius 1 is 1.00 bits per heavy atom. The van der Waals surface area contributed by atoms with Crippen LogP contribution in [-0.4, -0.2) is 11.0 Å². The van der Waals surface area contributed by atoms with Crippen molar-refractivity contribution in [1.82, 2.24) is 10.3 Å². The van der Waals surface area contributed by atoms with Crippen molar-refractivity contribution in [1.29, 1.82) is 0 Å². The summed E-state index contributed by atoms with van der Waals surface area (Å²) in [5.41, 5.74) is 6.85. The number of benzene rings is 1. The van der Waals surface area contributed by atoms with Crippen LogP contribution in [0.2, 0.25) is 0 Å². The number of nitrogens with one attached hydrogen (secondary N) is 1. The van der Waals surface area contributed by atoms with Gasteiger partial charge in [0.2, 0.25) is 0 Å². The lowest BCUT2D eigenvalue weighted by atomic mass is 9.89. The molecule has 0 spiro atoms. The van der Waals surface area contributed by atoms with Gasteiger partial charge in [-0.25, -0.2) is 0 Å². The number of fused-ring (bicyclic) bond motifs is 1. The van der Waals surface area contributed by atoms with Crippen molar-refractivity contribution in [3.8, 4) is 11.1 Å². The quantitative estimate of drug-likeness (QED) is 0.911. The van der Waals surface area contributed by atoms with Crippen LogP contribution in [-0.2, 0) is 19.4 Å². The van der Waals surface area contributed by atoms with E-state index in [1.165, 1.54) is 53.5 Å². The molecule has 0 amide bonds. The van der Waals surface area contributed by atoms with E-state index in [2.05, 4.69) is 48.4 Å². The largest absolute Gasteiger partial charge is 0.310 e. The molecule has 1 heterocycles. The number of rotatable bonds is 4. The molecule has 3 rings (SSSR count). The highest BCUT2D eigenvalue weighted by Gasteiger charge is 2.10. The van der Waals surface area contributed by atoms with E-state index in [-0.39, 0.29) is 0 Å². The predicted octanol–water partition coefficient (Wildman–Crippen LogP) is 4.13. The second-order valence-electron chi connectivity index (χ2n) is 6.31. The third-order valence-corrected chi connectivity index (χ3v) is 4.19. The normalized spacial score (nSPS) is 14.2. The Labute approximate surface area is 127 Å². The van der Waals surface area contributed by atoms with E-state index in [0.29, 0.717) is 6.04 Å². The Balaban J connectivity index is 1.84. The highest BCUT2D eigenvalue weighted by Crippen LogP contribution is 2.27. The maximum atomic E-state index is 4.41. The van der Waals surface area contributed by atoms with Gasteiger partial charge in [-0.05, 0) is 54.0 Å². The third kappa shape index (κ3) is 3.51. The first kappa shape index (κ1) is 14.3. The molecule has 1 N–H and O–H groups in total. The third-order valence-electron chi connectivity index (χ3n) is 4.19. The first-order chi connectivity index (χ1) is 10.2. The summed E-state index contributed by atoms with van der Waals surface area (Å²) < 4.78 is 0. The fourth-order valence-corrected chi connectivity index (χ4v) is 2.98. The van der Waals surface area contributed by atoms with Crippen LogP contribution < -0.4 is 5.32 Å². The minimum Gasteiger partial charge on any atom is -0.310 e. The average molecular weight is 280 g/mol. The Bertz CT molecular complexity index is 617. The topological polar surface area (TPSA) is 24.9 Å². The van der Waals surface area contributed by atoms with E-state index in [0.717, 1.165) is 6.54 Å². The van der Waals surface area contributed by atoms with Gasteiger partial charge in [0.05, 0.1) is 0 Å². The fourth-order valence-electron chi connectivity index (χ4n) is 2.98. The molecule has 1 aliphatic carbocycles. The van der Waals surface area contributed by atoms with Gasteiger partial charge < -0.3 is 5.32 Å². The first-order valence-corrected chi connectivity index (χ1v) is 8.02. The number of nitrogens with zero attached hydrogens (tertiary/aromatic N) is 1. The molecule has 0 aliphatic heterocycles. The van der Waals surface area contributed by atoms with Crippen LogP contribution in [0.1, 0.15) is 43.4 Å². The molecule has 110 valence electrons. The summed E-state index contributed by atoms with van der Waals surface area (Å²) in [5.74, 6) is 0. The molecule has 21 heavy (non-hydrogen) atoms. The van der Waals surface area contributed by atoms with Crippen molar-refractivity contribution in [3.63, 3.8) is 0 Å². The Hall–Kier alpha value is -1.67. The van der Waals surface area contributed by atoms with Crippen LogP contribution >= 0.6 is 0 Å². The van der Waals surface area contributed by atoms with Crippen LogP contribution in [0.25, 0.3) is 11.1 Å². The Morgan fingerprint density at radius 3 is 2.62 bits per heavy atom. The molecule has 0 atom stereocenters. The zero-order valence-electron chi connectivity index (χ0n) is 13.0. The summed E-state index contributed by atoms with van der Waals surface area (Å²) >= 11 is 0. The van der Waals surface area contributed by atoms with E-state index < -0.39 is 0 Å². The summed E-state index contributed by atoms with van der Waals surface area (Å²) in [6.07, 6.45) is 9.06. The van der Waals surface area contributed by atoms with Crippen molar-refractivity contribution < 1.29 is 0 Å². The van der Waals surface area contributed by atoms with Gasteiger partial charge in [-0.15, -0.1) is 0 Å². The molecule has 1 aromatic heterocycles. The maximum Gasteiger partial charge on any atom is 0.0346 e. The number of pyridine rings is 1. The summed E-state index contributed by atoms with van der Waals surface area (Å²) in [4.78, 5) is 4.41. The highest BCUT2D eigenvalue weighted by atomic mass is 14.9. The summed E-state index contributed by atoms with van der Waals surface area (Å²) in [6.45, 7) is 5.21. The summed E-state index contributed by atoms with van der Waals surface area (Å²) in [5, 5.41) is 3.45. The van der Waals surface area contributed by atoms with E-state index in [4.69, 9.17) is 0 Å². The first-order valence-electron chi connectivity index (χ1n) is 8.02. The van der Waals surface area contributed by atoms with Crippen LogP contribution in [0.3, 0.4) is 0 Å². The molecular formula is C19H24N2. The summed E-state index contributed by atoms with van der Waals surface area (Å²) in [7, 11) is 0. The van der Waals surface area contributed by atoms with Crippen LogP contribution in [0.4, 0.5) is 0 Å². The van der Waals surface area contributed by atoms with Gasteiger partial charge in [0.1, 0.15) is 0 Å². The van der Waals surface area contributed by atoms with Gasteiger partial charge in [-0.2, -0.15) is 0 Å². The number of aryl methyl sites for hydroxylation is 2. The minimum atomic E-state index is 0.498. The molecule has 0 saturated carbocycles. The second kappa shape index (κ2) is 6.40. The fraction of sp³-hybridized carbons (Fsp3) is 0.421. The Kier molecular flexibility index (Phi) is 4.35. The van der Waals surface area contributed by atoms with Gasteiger partial charge in [0, 0.05) is 30.5 Å². The maximum absolute atomic E-state index is 4.41. The SMILES string of the molecule is CC(C)NCc1cncc(-c2ccc3c(c2)CCCC3)c1. The van der Waals surface area contributed by atoms with Gasteiger partial charge in [-0.1, -0.05) is 32.0 Å². The molecule has 2 aromatic rings. The van der Waals surface area contributed by atoms with Gasteiger partial charge in [0.15, 0.2) is 0 Å². The van der Waals surface area contributed by atoms with E-state index in [1.807, 2.05) is 12.4 Å². The molecule has 2 nitrogen and oxygen atoms in total. The van der Waals surface area contributed by atoms with Gasteiger partial charge >= 0.3 is 0 Å². The van der Waals surface area contributed by atoms with Crippen molar-refractivity contribution in [2.45, 2.75) is 52.1 Å². The standard InChI is InChI=1S/C19H24N2/c1-14(2)21-12-15-9-19(13-20-11-15)18-8-7-16-5-3-4-6-17(16)10-18/h7-11,13-14,21H,3-6,12H2,1-2H3. The molecular weight excluding hydrogens is 256 g/mol. The second-order valence-corrected chi connectivity index (χ2v) is 6.31. The molecule has 0 fully saturated rings. The van der Waals surface area contributed by atoms with Gasteiger partial charge in [0.25, 0.3) is 0 Å². The monoisotopic (exact) mass is 280 g/mol. The van der Waals surface area contributed by atoms with Crippen LogP contribution in [0, 0.1) is 0 Å². The minimum absolute atomic E-state index is 0.498. The predicted molar refractivity (Wildman–Crippen MR) is 88.3 cm³/mol. The molecule has 1 aromatic carbocycles. The molecule has 0 saturated heterocycles. The van der Waals surface area contributed by atoms with E-state index in [1.54, 1.807) is 0 Å². The van der Waals surface area contributed by atoms with Gasteiger partial charge in [-0.3, -0.25) is 4.98 Å². The number of hydrogen-bond donors (Lipinski definition) is 1. The van der Waals surface area contributed by atoms with Crippen LogP contribution in [0.5, 0.6) is 0 Å². The highest BCUT2D eigenvalue weighted by molar-refractivity contribution is 5.64. The van der Waals surface area contributed by atoms with E-state index in [9.17, 15) is 0 Å². The lowest BCUT2D eigenvalue weighted by Gasteiger charge is -2.17. The zero-order chi connectivity index (χ0) is 14.7. The van der Waals surface area contributed by atoms with Crippen molar-refractivity contribution in [2.24, 2.45) is 0 Å². The lowest BCUT2D eigenvalue weighted by Crippen LogP contribution is -2.21. The van der Waals surface area contributed by atoms with E-state index >= 15 is 0 Å². The van der Waals surface area contributed by atoms with Crippen molar-refractivity contribution in [3.05, 3.63) is 53.3 Å². The average Bonchev–Trinajstić information content (AvgIpc) is 2.53.